The fourth-order valence-corrected chi connectivity index (χ4v) is 2.63. The molecule has 1 heterocycles. The van der Waals surface area contributed by atoms with E-state index >= 15 is 0 Å². The van der Waals surface area contributed by atoms with Gasteiger partial charge < -0.3 is 14.2 Å². The molecule has 1 aliphatic heterocycles. The Labute approximate surface area is 144 Å². The molecule has 0 radical (unpaired) electrons. The number of hydrogen-bond donors (Lipinski definition) is 0. The van der Waals surface area contributed by atoms with Gasteiger partial charge in [0.05, 0.1) is 38.7 Å². The number of fused-ring (bicyclic) bond motifs is 1. The summed E-state index contributed by atoms with van der Waals surface area (Å²) in [4.78, 5) is 24.6. The Morgan fingerprint density at radius 1 is 0.840 bits per heavy atom. The second kappa shape index (κ2) is 6.64. The minimum Gasteiger partial charge on any atom is -0.493 e. The van der Waals surface area contributed by atoms with Gasteiger partial charge >= 0.3 is 0 Å². The third kappa shape index (κ3) is 2.69. The molecule has 0 N–H and O–H groups in total. The predicted molar refractivity (Wildman–Crippen MR) is 90.6 cm³/mol. The van der Waals surface area contributed by atoms with Crippen LogP contribution in [0.4, 0.5) is 0 Å². The molecule has 3 rings (SSSR count). The SMILES string of the molecule is COc1ccc(/C=N\N2C(=O)c3ccccc3C2=O)c(OC)c1OC. The van der Waals surface area contributed by atoms with E-state index in [9.17, 15) is 9.59 Å². The van der Waals surface area contributed by atoms with E-state index in [1.54, 1.807) is 36.4 Å². The molecule has 0 fully saturated rings. The Bertz CT molecular complexity index is 841. The number of methoxy groups -OCH3 is 3. The topological polar surface area (TPSA) is 77.4 Å². The highest BCUT2D eigenvalue weighted by Gasteiger charge is 2.35. The minimum atomic E-state index is -0.462. The first kappa shape index (κ1) is 16.5. The van der Waals surface area contributed by atoms with Gasteiger partial charge in [-0.05, 0) is 24.3 Å². The zero-order chi connectivity index (χ0) is 18.0. The number of imide groups is 1. The molecule has 2 amide bonds. The molecule has 1 aliphatic rings. The Kier molecular flexibility index (Phi) is 4.38. The third-order valence-electron chi connectivity index (χ3n) is 3.82. The molecule has 0 aliphatic carbocycles. The Morgan fingerprint density at radius 3 is 1.96 bits per heavy atom. The molecule has 0 aromatic heterocycles. The molecule has 0 saturated heterocycles. The van der Waals surface area contributed by atoms with Crippen molar-refractivity contribution in [3.63, 3.8) is 0 Å². The number of ether oxygens (including phenoxy) is 3. The Balaban J connectivity index is 1.96. The van der Waals surface area contributed by atoms with Crippen LogP contribution in [-0.2, 0) is 0 Å². The molecule has 0 spiro atoms. The number of hydrazone groups is 1. The second-order valence-corrected chi connectivity index (χ2v) is 5.14. The maximum atomic E-state index is 12.3. The fraction of sp³-hybridized carbons (Fsp3) is 0.167. The lowest BCUT2D eigenvalue weighted by Crippen LogP contribution is -2.24. The van der Waals surface area contributed by atoms with Crippen molar-refractivity contribution in [3.05, 3.63) is 53.1 Å². The lowest BCUT2D eigenvalue weighted by Gasteiger charge is -2.14. The van der Waals surface area contributed by atoms with Crippen molar-refractivity contribution in [2.75, 3.05) is 21.3 Å². The largest absolute Gasteiger partial charge is 0.493 e. The summed E-state index contributed by atoms with van der Waals surface area (Å²) in [7, 11) is 4.49. The van der Waals surface area contributed by atoms with Gasteiger partial charge in [0.2, 0.25) is 5.75 Å². The summed E-state index contributed by atoms with van der Waals surface area (Å²) < 4.78 is 15.9. The van der Waals surface area contributed by atoms with Crippen LogP contribution >= 0.6 is 0 Å². The van der Waals surface area contributed by atoms with Crippen LogP contribution in [0.15, 0.2) is 41.5 Å². The van der Waals surface area contributed by atoms with E-state index in [0.717, 1.165) is 5.01 Å². The summed E-state index contributed by atoms with van der Waals surface area (Å²) in [6.07, 6.45) is 1.38. The van der Waals surface area contributed by atoms with Gasteiger partial charge in [-0.1, -0.05) is 12.1 Å². The number of carbonyl (C=O) groups excluding carboxylic acids is 2. The van der Waals surface area contributed by atoms with Crippen molar-refractivity contribution < 1.29 is 23.8 Å². The third-order valence-corrected chi connectivity index (χ3v) is 3.82. The zero-order valence-corrected chi connectivity index (χ0v) is 14.0. The van der Waals surface area contributed by atoms with Crippen molar-refractivity contribution in [1.29, 1.82) is 0 Å². The smallest absolute Gasteiger partial charge is 0.282 e. The molecule has 25 heavy (non-hydrogen) atoms. The lowest BCUT2D eigenvalue weighted by atomic mass is 10.1. The van der Waals surface area contributed by atoms with Gasteiger partial charge in [-0.15, -0.1) is 0 Å². The molecule has 128 valence electrons. The number of carbonyl (C=O) groups is 2. The normalized spacial score (nSPS) is 13.3. The van der Waals surface area contributed by atoms with E-state index in [0.29, 0.717) is 33.9 Å². The highest BCUT2D eigenvalue weighted by Crippen LogP contribution is 2.39. The summed E-state index contributed by atoms with van der Waals surface area (Å²) >= 11 is 0. The molecule has 7 heteroatoms. The van der Waals surface area contributed by atoms with Crippen molar-refractivity contribution in [2.24, 2.45) is 5.10 Å². The molecular weight excluding hydrogens is 324 g/mol. The number of benzene rings is 2. The summed E-state index contributed by atoms with van der Waals surface area (Å²) in [5, 5.41) is 4.88. The van der Waals surface area contributed by atoms with Crippen LogP contribution in [0.3, 0.4) is 0 Å². The van der Waals surface area contributed by atoms with E-state index < -0.39 is 11.8 Å². The molecule has 0 atom stereocenters. The first-order chi connectivity index (χ1) is 12.1. The van der Waals surface area contributed by atoms with E-state index in [2.05, 4.69) is 5.10 Å². The molecular formula is C18H16N2O5. The summed E-state index contributed by atoms with van der Waals surface area (Å²) in [5.41, 5.74) is 1.21. The Hall–Kier alpha value is -3.35. The summed E-state index contributed by atoms with van der Waals surface area (Å²) in [5.74, 6) is 0.364. The first-order valence-electron chi connectivity index (χ1n) is 7.43. The summed E-state index contributed by atoms with van der Waals surface area (Å²) in [6.45, 7) is 0. The van der Waals surface area contributed by atoms with Crippen LogP contribution in [0.25, 0.3) is 0 Å². The monoisotopic (exact) mass is 340 g/mol. The van der Waals surface area contributed by atoms with E-state index in [4.69, 9.17) is 14.2 Å². The van der Waals surface area contributed by atoms with Crippen LogP contribution in [0.1, 0.15) is 26.3 Å². The number of hydrogen-bond acceptors (Lipinski definition) is 6. The van der Waals surface area contributed by atoms with Crippen molar-refractivity contribution in [2.45, 2.75) is 0 Å². The quantitative estimate of drug-likeness (QED) is 0.617. The standard InChI is InChI=1S/C18H16N2O5/c1-23-14-9-8-11(15(24-2)16(14)25-3)10-19-20-17(21)12-6-4-5-7-13(12)18(20)22/h4-10H,1-3H3/b19-10-. The van der Waals surface area contributed by atoms with Crippen LogP contribution in [0.2, 0.25) is 0 Å². The average Bonchev–Trinajstić information content (AvgIpc) is 2.90. The molecule has 0 saturated carbocycles. The minimum absolute atomic E-state index is 0.337. The van der Waals surface area contributed by atoms with Crippen LogP contribution in [0.5, 0.6) is 17.2 Å². The van der Waals surface area contributed by atoms with E-state index in [-0.39, 0.29) is 0 Å². The zero-order valence-electron chi connectivity index (χ0n) is 14.0. The summed E-state index contributed by atoms with van der Waals surface area (Å²) in [6, 6.07) is 9.99. The highest BCUT2D eigenvalue weighted by molar-refractivity contribution is 6.21. The maximum Gasteiger partial charge on any atom is 0.282 e. The van der Waals surface area contributed by atoms with Crippen molar-refractivity contribution in [1.82, 2.24) is 5.01 Å². The van der Waals surface area contributed by atoms with Crippen molar-refractivity contribution in [3.8, 4) is 17.2 Å². The number of rotatable bonds is 5. The second-order valence-electron chi connectivity index (χ2n) is 5.14. The molecule has 7 nitrogen and oxygen atoms in total. The van der Waals surface area contributed by atoms with Crippen LogP contribution in [0, 0.1) is 0 Å². The predicted octanol–water partition coefficient (Wildman–Crippen LogP) is 2.34. The average molecular weight is 340 g/mol. The van der Waals surface area contributed by atoms with Crippen molar-refractivity contribution >= 4 is 18.0 Å². The van der Waals surface area contributed by atoms with E-state index in [1.165, 1.54) is 27.5 Å². The van der Waals surface area contributed by atoms with E-state index in [1.807, 2.05) is 0 Å². The lowest BCUT2D eigenvalue weighted by molar-refractivity contribution is 0.0660. The van der Waals surface area contributed by atoms with Crippen LogP contribution < -0.4 is 14.2 Å². The van der Waals surface area contributed by atoms with Gasteiger partial charge in [0.1, 0.15) is 0 Å². The van der Waals surface area contributed by atoms with Gasteiger partial charge in [0.15, 0.2) is 11.5 Å². The van der Waals surface area contributed by atoms with Gasteiger partial charge in [0.25, 0.3) is 11.8 Å². The van der Waals surface area contributed by atoms with Gasteiger partial charge in [-0.3, -0.25) is 9.59 Å². The molecule has 2 aromatic carbocycles. The molecule has 0 unspecified atom stereocenters. The fourth-order valence-electron chi connectivity index (χ4n) is 2.63. The Morgan fingerprint density at radius 2 is 1.44 bits per heavy atom. The van der Waals surface area contributed by atoms with Crippen LogP contribution in [-0.4, -0.2) is 44.4 Å². The first-order valence-corrected chi connectivity index (χ1v) is 7.43. The highest BCUT2D eigenvalue weighted by atomic mass is 16.5. The van der Waals surface area contributed by atoms with Gasteiger partial charge in [0, 0.05) is 5.56 Å². The number of amides is 2. The molecule has 0 bridgehead atoms. The number of nitrogens with zero attached hydrogens (tertiary/aromatic N) is 2. The maximum absolute atomic E-state index is 12.3. The van der Waals surface area contributed by atoms with Gasteiger partial charge in [-0.2, -0.15) is 10.1 Å². The molecule has 2 aromatic rings. The van der Waals surface area contributed by atoms with Gasteiger partial charge in [-0.25, -0.2) is 0 Å².